The first-order chi connectivity index (χ1) is 8.97. The van der Waals surface area contributed by atoms with E-state index in [-0.39, 0.29) is 17.7 Å². The molecule has 2 N–H and O–H groups in total. The fraction of sp³-hybridized carbons (Fsp3) is 0.250. The molecular formula is C16H17F2N. The van der Waals surface area contributed by atoms with Crippen LogP contribution in [0.5, 0.6) is 0 Å². The van der Waals surface area contributed by atoms with Crippen molar-refractivity contribution < 1.29 is 8.78 Å². The lowest BCUT2D eigenvalue weighted by molar-refractivity contribution is 0.605. The molecular weight excluding hydrogens is 244 g/mol. The van der Waals surface area contributed by atoms with Gasteiger partial charge in [-0.05, 0) is 54.7 Å². The predicted molar refractivity (Wildman–Crippen MR) is 72.9 cm³/mol. The molecule has 0 amide bonds. The van der Waals surface area contributed by atoms with Gasteiger partial charge in [-0.15, -0.1) is 0 Å². The van der Waals surface area contributed by atoms with E-state index in [1.54, 1.807) is 38.1 Å². The maximum atomic E-state index is 13.6. The summed E-state index contributed by atoms with van der Waals surface area (Å²) in [5.41, 5.74) is 9.21. The monoisotopic (exact) mass is 261 g/mol. The molecule has 0 saturated heterocycles. The first kappa shape index (κ1) is 13.7. The van der Waals surface area contributed by atoms with E-state index >= 15 is 0 Å². The lowest BCUT2D eigenvalue weighted by Gasteiger charge is -2.14. The van der Waals surface area contributed by atoms with Crippen molar-refractivity contribution in [1.82, 2.24) is 0 Å². The molecule has 2 aromatic rings. The van der Waals surface area contributed by atoms with Crippen LogP contribution in [0.3, 0.4) is 0 Å². The molecule has 0 aliphatic heterocycles. The Balaban J connectivity index is 2.20. The molecule has 0 aromatic heterocycles. The average molecular weight is 261 g/mol. The van der Waals surface area contributed by atoms with Crippen molar-refractivity contribution in [3.05, 3.63) is 70.3 Å². The van der Waals surface area contributed by atoms with E-state index in [9.17, 15) is 8.78 Å². The number of hydrogen-bond acceptors (Lipinski definition) is 1. The van der Waals surface area contributed by atoms with Crippen molar-refractivity contribution in [3.8, 4) is 0 Å². The summed E-state index contributed by atoms with van der Waals surface area (Å²) in [7, 11) is 0. The molecule has 1 nitrogen and oxygen atoms in total. The average Bonchev–Trinajstić information content (AvgIpc) is 2.38. The van der Waals surface area contributed by atoms with Crippen LogP contribution in [0.1, 0.15) is 28.3 Å². The number of benzene rings is 2. The molecule has 1 unspecified atom stereocenters. The molecule has 0 aliphatic rings. The van der Waals surface area contributed by atoms with Crippen LogP contribution in [0.15, 0.2) is 36.4 Å². The summed E-state index contributed by atoms with van der Waals surface area (Å²) >= 11 is 0. The predicted octanol–water partition coefficient (Wildman–Crippen LogP) is 3.82. The van der Waals surface area contributed by atoms with Gasteiger partial charge in [0.15, 0.2) is 0 Å². The molecule has 2 rings (SSSR count). The fourth-order valence-electron chi connectivity index (χ4n) is 2.19. The molecule has 0 heterocycles. The lowest BCUT2D eigenvalue weighted by atomic mass is 9.96. The molecule has 19 heavy (non-hydrogen) atoms. The first-order valence-electron chi connectivity index (χ1n) is 6.24. The van der Waals surface area contributed by atoms with Gasteiger partial charge in [0.25, 0.3) is 0 Å². The van der Waals surface area contributed by atoms with Crippen LogP contribution in [0.4, 0.5) is 8.78 Å². The second-order valence-corrected chi connectivity index (χ2v) is 4.91. The minimum Gasteiger partial charge on any atom is -0.324 e. The van der Waals surface area contributed by atoms with Gasteiger partial charge in [-0.3, -0.25) is 0 Å². The third-order valence-corrected chi connectivity index (χ3v) is 3.26. The normalized spacial score (nSPS) is 12.5. The van der Waals surface area contributed by atoms with Gasteiger partial charge in [0.1, 0.15) is 11.6 Å². The van der Waals surface area contributed by atoms with E-state index in [0.717, 1.165) is 11.1 Å². The fourth-order valence-corrected chi connectivity index (χ4v) is 2.19. The topological polar surface area (TPSA) is 26.0 Å². The van der Waals surface area contributed by atoms with E-state index in [1.165, 1.54) is 12.1 Å². The Bertz CT molecular complexity index is 553. The van der Waals surface area contributed by atoms with Crippen molar-refractivity contribution in [2.24, 2.45) is 5.73 Å². The summed E-state index contributed by atoms with van der Waals surface area (Å²) in [5.74, 6) is -0.441. The van der Waals surface area contributed by atoms with Crippen LogP contribution in [-0.4, -0.2) is 0 Å². The van der Waals surface area contributed by atoms with Crippen molar-refractivity contribution in [3.63, 3.8) is 0 Å². The highest BCUT2D eigenvalue weighted by atomic mass is 19.1. The third-order valence-electron chi connectivity index (χ3n) is 3.26. The zero-order valence-corrected chi connectivity index (χ0v) is 11.1. The van der Waals surface area contributed by atoms with Crippen molar-refractivity contribution in [2.75, 3.05) is 0 Å². The standard InChI is InChI=1S/C16H17F2N/c1-10-7-13(8-11(2)16(10)18)15(19)9-12-3-5-14(17)6-4-12/h3-8,15H,9,19H2,1-2H3. The van der Waals surface area contributed by atoms with Gasteiger partial charge in [0, 0.05) is 6.04 Å². The Morgan fingerprint density at radius 1 is 1.00 bits per heavy atom. The highest BCUT2D eigenvalue weighted by Gasteiger charge is 2.11. The number of rotatable bonds is 3. The maximum Gasteiger partial charge on any atom is 0.129 e. The molecule has 0 spiro atoms. The van der Waals surface area contributed by atoms with Crippen molar-refractivity contribution >= 4 is 0 Å². The van der Waals surface area contributed by atoms with Crippen LogP contribution in [-0.2, 0) is 6.42 Å². The summed E-state index contributed by atoms with van der Waals surface area (Å²) in [6.45, 7) is 3.47. The van der Waals surface area contributed by atoms with Gasteiger partial charge in [0.2, 0.25) is 0 Å². The highest BCUT2D eigenvalue weighted by Crippen LogP contribution is 2.21. The molecule has 100 valence electrons. The van der Waals surface area contributed by atoms with Crippen molar-refractivity contribution in [1.29, 1.82) is 0 Å². The van der Waals surface area contributed by atoms with Crippen LogP contribution in [0.25, 0.3) is 0 Å². The van der Waals surface area contributed by atoms with Crippen LogP contribution >= 0.6 is 0 Å². The highest BCUT2D eigenvalue weighted by molar-refractivity contribution is 5.33. The second kappa shape index (κ2) is 5.49. The smallest absolute Gasteiger partial charge is 0.129 e. The van der Waals surface area contributed by atoms with Gasteiger partial charge in [0.05, 0.1) is 0 Å². The zero-order valence-electron chi connectivity index (χ0n) is 11.1. The Kier molecular flexibility index (Phi) is 3.96. The van der Waals surface area contributed by atoms with Crippen LogP contribution in [0.2, 0.25) is 0 Å². The number of aryl methyl sites for hydroxylation is 2. The molecule has 0 radical (unpaired) electrons. The van der Waals surface area contributed by atoms with E-state index < -0.39 is 0 Å². The van der Waals surface area contributed by atoms with Gasteiger partial charge in [-0.1, -0.05) is 24.3 Å². The Morgan fingerprint density at radius 3 is 2.05 bits per heavy atom. The number of nitrogens with two attached hydrogens (primary N) is 1. The van der Waals surface area contributed by atoms with E-state index in [2.05, 4.69) is 0 Å². The summed E-state index contributed by atoms with van der Waals surface area (Å²) in [4.78, 5) is 0. The van der Waals surface area contributed by atoms with Gasteiger partial charge >= 0.3 is 0 Å². The Morgan fingerprint density at radius 2 is 1.53 bits per heavy atom. The number of halogens is 2. The largest absolute Gasteiger partial charge is 0.324 e. The van der Waals surface area contributed by atoms with Crippen molar-refractivity contribution in [2.45, 2.75) is 26.3 Å². The summed E-state index contributed by atoms with van der Waals surface area (Å²) in [6.07, 6.45) is 0.602. The van der Waals surface area contributed by atoms with Gasteiger partial charge < -0.3 is 5.73 Å². The molecule has 0 aliphatic carbocycles. The zero-order chi connectivity index (χ0) is 14.0. The molecule has 3 heteroatoms. The van der Waals surface area contributed by atoms with Crippen LogP contribution in [0, 0.1) is 25.5 Å². The summed E-state index contributed by atoms with van der Waals surface area (Å²) < 4.78 is 26.4. The summed E-state index contributed by atoms with van der Waals surface area (Å²) in [6, 6.07) is 9.61. The molecule has 2 aromatic carbocycles. The van der Waals surface area contributed by atoms with Crippen LogP contribution < -0.4 is 5.73 Å². The third kappa shape index (κ3) is 3.18. The first-order valence-corrected chi connectivity index (χ1v) is 6.24. The lowest BCUT2D eigenvalue weighted by Crippen LogP contribution is -2.14. The number of hydrogen-bond donors (Lipinski definition) is 1. The molecule has 0 bridgehead atoms. The minimum atomic E-state index is -0.259. The molecule has 0 fully saturated rings. The Hall–Kier alpha value is -1.74. The maximum absolute atomic E-state index is 13.6. The van der Waals surface area contributed by atoms with Gasteiger partial charge in [-0.25, -0.2) is 8.78 Å². The second-order valence-electron chi connectivity index (χ2n) is 4.91. The minimum absolute atomic E-state index is 0.183. The quantitative estimate of drug-likeness (QED) is 0.893. The summed E-state index contributed by atoms with van der Waals surface area (Å²) in [5, 5.41) is 0. The Labute approximate surface area is 112 Å². The SMILES string of the molecule is Cc1cc(C(N)Cc2ccc(F)cc2)cc(C)c1F. The van der Waals surface area contributed by atoms with E-state index in [0.29, 0.717) is 17.5 Å². The van der Waals surface area contributed by atoms with E-state index in [1.807, 2.05) is 0 Å². The molecule has 0 saturated carbocycles. The van der Waals surface area contributed by atoms with Gasteiger partial charge in [-0.2, -0.15) is 0 Å². The van der Waals surface area contributed by atoms with E-state index in [4.69, 9.17) is 5.73 Å². The molecule has 1 atom stereocenters.